The van der Waals surface area contributed by atoms with Gasteiger partial charge in [0.2, 0.25) is 5.91 Å². The highest BCUT2D eigenvalue weighted by molar-refractivity contribution is 7.18. The molecule has 0 aliphatic carbocycles. The minimum atomic E-state index is -0.601. The number of ether oxygens (including phenoxy) is 4. The van der Waals surface area contributed by atoms with Gasteiger partial charge in [0.1, 0.15) is 25.4 Å². The zero-order chi connectivity index (χ0) is 40.8. The largest absolute Gasteiger partial charge is 0.442 e. The second-order valence-corrected chi connectivity index (χ2v) is 16.5. The number of halogens is 2. The van der Waals surface area contributed by atoms with E-state index in [0.717, 1.165) is 22.7 Å². The van der Waals surface area contributed by atoms with Gasteiger partial charge in [0.15, 0.2) is 0 Å². The summed E-state index contributed by atoms with van der Waals surface area (Å²) in [4.78, 5) is 83.1. The molecular formula is C38H36Cl2N6O10S2. The van der Waals surface area contributed by atoms with Crippen LogP contribution in [0.2, 0.25) is 8.67 Å². The Labute approximate surface area is 350 Å². The Kier molecular flexibility index (Phi) is 13.1. The molecule has 20 heteroatoms. The summed E-state index contributed by atoms with van der Waals surface area (Å²) in [6.07, 6.45) is -2.31. The van der Waals surface area contributed by atoms with E-state index < -0.39 is 30.3 Å². The zero-order valence-electron chi connectivity index (χ0n) is 30.6. The van der Waals surface area contributed by atoms with Gasteiger partial charge >= 0.3 is 12.2 Å². The predicted molar refractivity (Wildman–Crippen MR) is 218 cm³/mol. The lowest BCUT2D eigenvalue weighted by atomic mass is 10.2. The lowest BCUT2D eigenvalue weighted by molar-refractivity contribution is -0.126. The summed E-state index contributed by atoms with van der Waals surface area (Å²) in [7, 11) is 0. The van der Waals surface area contributed by atoms with Crippen molar-refractivity contribution in [3.05, 3.63) is 91.2 Å². The molecule has 0 spiro atoms. The SMILES string of the molecule is O=C(COCCN(C(=O)c1ccc(Cl)s1)c1ccc(N2C[C@H](CNC(=O)c3ccc(Cl)s3)OC2=O)cc1)NC[C@@H]1CN(c2ccc(N3CCOCC3=O)cc2)C(=O)O1. The van der Waals surface area contributed by atoms with E-state index in [9.17, 15) is 28.8 Å². The fourth-order valence-electron chi connectivity index (χ4n) is 6.33. The minimum Gasteiger partial charge on any atom is -0.442 e. The predicted octanol–water partition coefficient (Wildman–Crippen LogP) is 5.04. The van der Waals surface area contributed by atoms with Crippen molar-refractivity contribution >= 4 is 104 Å². The number of morpholine rings is 1. The number of nitrogens with one attached hydrogen (secondary N) is 2. The van der Waals surface area contributed by atoms with Crippen LogP contribution in [0.5, 0.6) is 0 Å². The van der Waals surface area contributed by atoms with Gasteiger partial charge in [-0.3, -0.25) is 29.0 Å². The molecule has 3 fully saturated rings. The normalized spacial score (nSPS) is 18.0. The van der Waals surface area contributed by atoms with Crippen LogP contribution >= 0.6 is 45.9 Å². The number of carbonyl (C=O) groups excluding carboxylic acids is 6. The third-order valence-corrected chi connectivity index (χ3v) is 11.7. The third-order valence-electron chi connectivity index (χ3n) is 9.22. The average Bonchev–Trinajstić information content (AvgIpc) is 4.03. The number of hydrogen-bond acceptors (Lipinski definition) is 12. The quantitative estimate of drug-likeness (QED) is 0.154. The van der Waals surface area contributed by atoms with E-state index in [1.807, 2.05) is 0 Å². The molecule has 3 saturated heterocycles. The average molecular weight is 872 g/mol. The summed E-state index contributed by atoms with van der Waals surface area (Å²) in [6, 6.07) is 20.2. The minimum absolute atomic E-state index is 0.00177. The van der Waals surface area contributed by atoms with Crippen LogP contribution in [0.4, 0.5) is 32.3 Å². The van der Waals surface area contributed by atoms with Gasteiger partial charge in [-0.05, 0) is 72.8 Å². The molecule has 0 unspecified atom stereocenters. The number of hydrogen-bond donors (Lipinski definition) is 2. The molecule has 3 aliphatic heterocycles. The first-order valence-corrected chi connectivity index (χ1v) is 20.4. The number of nitrogens with zero attached hydrogens (tertiary/aromatic N) is 4. The zero-order valence-corrected chi connectivity index (χ0v) is 33.7. The van der Waals surface area contributed by atoms with Crippen molar-refractivity contribution in [2.24, 2.45) is 0 Å². The topological polar surface area (TPSA) is 176 Å². The first kappa shape index (κ1) is 40.9. The van der Waals surface area contributed by atoms with Crippen LogP contribution in [0.15, 0.2) is 72.8 Å². The molecule has 0 bridgehead atoms. The molecule has 5 heterocycles. The molecule has 16 nitrogen and oxygen atoms in total. The molecule has 0 radical (unpaired) electrons. The van der Waals surface area contributed by atoms with E-state index in [4.69, 9.17) is 42.1 Å². The molecule has 2 N–H and O–H groups in total. The third kappa shape index (κ3) is 9.88. The molecule has 6 amide bonds. The van der Waals surface area contributed by atoms with Crippen molar-refractivity contribution in [3.63, 3.8) is 0 Å². The highest BCUT2D eigenvalue weighted by Crippen LogP contribution is 2.29. The molecule has 304 valence electrons. The molecule has 2 atom stereocenters. The molecule has 0 saturated carbocycles. The smallest absolute Gasteiger partial charge is 0.414 e. The molecular weight excluding hydrogens is 835 g/mol. The maximum absolute atomic E-state index is 13.6. The Morgan fingerprint density at radius 3 is 1.86 bits per heavy atom. The standard InChI is InChI=1S/C38H36Cl2N6O10S2/c39-31-11-9-29(57-31)35(49)42-18-28-20-46(38(52)56-28)26-7-3-24(4-8-26)44(36(50)30-10-12-32(40)58-30)14-16-53-21-33(47)41-17-27-19-45(37(51)55-27)25-5-1-23(2-6-25)43-13-15-54-22-34(43)48/h1-12,27-28H,13-22H2,(H,41,47)(H,42,49)/t27-,28+/m1/s1. The first-order valence-electron chi connectivity index (χ1n) is 18.0. The molecule has 3 aliphatic rings. The summed E-state index contributed by atoms with van der Waals surface area (Å²) >= 11 is 14.3. The van der Waals surface area contributed by atoms with E-state index in [2.05, 4.69) is 10.6 Å². The second kappa shape index (κ2) is 18.6. The van der Waals surface area contributed by atoms with Gasteiger partial charge in [-0.2, -0.15) is 0 Å². The van der Waals surface area contributed by atoms with Crippen molar-refractivity contribution in [2.45, 2.75) is 12.2 Å². The maximum Gasteiger partial charge on any atom is 0.414 e. The molecule has 2 aromatic carbocycles. The Hall–Kier alpha value is -5.24. The van der Waals surface area contributed by atoms with E-state index in [1.165, 1.54) is 14.7 Å². The highest BCUT2D eigenvalue weighted by Gasteiger charge is 2.34. The van der Waals surface area contributed by atoms with Crippen molar-refractivity contribution in [3.8, 4) is 0 Å². The van der Waals surface area contributed by atoms with Gasteiger partial charge < -0.3 is 39.4 Å². The molecule has 7 rings (SSSR count). The lowest BCUT2D eigenvalue weighted by Gasteiger charge is -2.27. The van der Waals surface area contributed by atoms with Crippen LogP contribution in [0.25, 0.3) is 0 Å². The van der Waals surface area contributed by atoms with Crippen LogP contribution in [0, 0.1) is 0 Å². The van der Waals surface area contributed by atoms with Crippen LogP contribution in [0.1, 0.15) is 19.3 Å². The van der Waals surface area contributed by atoms with Gasteiger partial charge in [0, 0.05) is 35.8 Å². The van der Waals surface area contributed by atoms with E-state index in [0.29, 0.717) is 54.3 Å². The van der Waals surface area contributed by atoms with E-state index in [-0.39, 0.29) is 70.3 Å². The number of anilines is 4. The molecule has 4 aromatic rings. The van der Waals surface area contributed by atoms with Crippen LogP contribution in [-0.2, 0) is 28.5 Å². The van der Waals surface area contributed by atoms with Gasteiger partial charge in [-0.1, -0.05) is 23.2 Å². The monoisotopic (exact) mass is 870 g/mol. The number of thiophene rings is 2. The van der Waals surface area contributed by atoms with Crippen molar-refractivity contribution in [2.75, 3.05) is 85.3 Å². The Bertz CT molecular complexity index is 2170. The molecule has 58 heavy (non-hydrogen) atoms. The Balaban J connectivity index is 0.883. The van der Waals surface area contributed by atoms with Crippen LogP contribution in [0.3, 0.4) is 0 Å². The first-order chi connectivity index (χ1) is 28.0. The maximum atomic E-state index is 13.6. The number of carbonyl (C=O) groups is 6. The van der Waals surface area contributed by atoms with Gasteiger partial charge in [0.25, 0.3) is 17.7 Å². The van der Waals surface area contributed by atoms with E-state index in [1.54, 1.807) is 77.7 Å². The fraction of sp³-hybridized carbons (Fsp3) is 0.316. The Morgan fingerprint density at radius 2 is 1.29 bits per heavy atom. The summed E-state index contributed by atoms with van der Waals surface area (Å²) in [5, 5.41) is 5.48. The van der Waals surface area contributed by atoms with Gasteiger partial charge in [-0.25, -0.2) is 9.59 Å². The summed E-state index contributed by atoms with van der Waals surface area (Å²) in [5.41, 5.74) is 2.34. The Morgan fingerprint density at radius 1 is 0.741 bits per heavy atom. The van der Waals surface area contributed by atoms with Crippen LogP contribution < -0.4 is 30.2 Å². The number of cyclic esters (lactones) is 2. The summed E-state index contributed by atoms with van der Waals surface area (Å²) < 4.78 is 22.7. The van der Waals surface area contributed by atoms with Crippen molar-refractivity contribution < 1.29 is 47.7 Å². The second-order valence-electron chi connectivity index (χ2n) is 13.1. The molecule has 2 aromatic heterocycles. The van der Waals surface area contributed by atoms with Gasteiger partial charge in [-0.15, -0.1) is 22.7 Å². The number of benzene rings is 2. The van der Waals surface area contributed by atoms with Crippen molar-refractivity contribution in [1.82, 2.24) is 10.6 Å². The number of rotatable bonds is 15. The summed E-state index contributed by atoms with van der Waals surface area (Å²) in [5.74, 6) is -1.22. The highest BCUT2D eigenvalue weighted by atomic mass is 35.5. The van der Waals surface area contributed by atoms with Gasteiger partial charge in [0.05, 0.1) is 57.8 Å². The summed E-state index contributed by atoms with van der Waals surface area (Å²) in [6.45, 7) is 1.28. The fourth-order valence-corrected chi connectivity index (χ4v) is 8.28. The number of amides is 6. The van der Waals surface area contributed by atoms with Crippen molar-refractivity contribution in [1.29, 1.82) is 0 Å². The van der Waals surface area contributed by atoms with Crippen LogP contribution in [-0.4, -0.2) is 114 Å². The lowest BCUT2D eigenvalue weighted by Crippen LogP contribution is -2.41. The van der Waals surface area contributed by atoms with E-state index >= 15 is 0 Å².